The largest absolute Gasteiger partial charge is 0.446 e. The summed E-state index contributed by atoms with van der Waals surface area (Å²) >= 11 is 2.36. The molecule has 0 saturated heterocycles. The molecule has 12 heteroatoms. The van der Waals surface area contributed by atoms with E-state index in [0.29, 0.717) is 21.4 Å². The number of alkyl halides is 3. The molecule has 1 aromatic carbocycles. The normalized spacial score (nSPS) is 11.5. The van der Waals surface area contributed by atoms with Crippen LogP contribution in [0.4, 0.5) is 18.3 Å². The Hall–Kier alpha value is -2.44. The van der Waals surface area contributed by atoms with Crippen LogP contribution < -0.4 is 11.1 Å². The molecule has 0 aliphatic carbocycles. The number of hydrogen-bond donors (Lipinski definition) is 2. The summed E-state index contributed by atoms with van der Waals surface area (Å²) in [5.41, 5.74) is 2.79. The molecule has 3 aromatic rings. The maximum atomic E-state index is 12.4. The first-order chi connectivity index (χ1) is 14.1. The molecule has 0 radical (unpaired) electrons. The molecular formula is C18H15F3N4O2S3. The van der Waals surface area contributed by atoms with Crippen molar-refractivity contribution in [1.82, 2.24) is 9.97 Å². The number of aromatic nitrogens is 2. The smallest absolute Gasteiger partial charge is 0.369 e. The van der Waals surface area contributed by atoms with E-state index in [9.17, 15) is 22.8 Å². The molecule has 0 aliphatic rings. The van der Waals surface area contributed by atoms with Gasteiger partial charge in [0.15, 0.2) is 5.13 Å². The predicted octanol–water partition coefficient (Wildman–Crippen LogP) is 4.40. The van der Waals surface area contributed by atoms with Gasteiger partial charge in [0.1, 0.15) is 5.01 Å². The number of rotatable bonds is 7. The monoisotopic (exact) mass is 472 g/mol. The van der Waals surface area contributed by atoms with Crippen LogP contribution in [-0.4, -0.2) is 27.3 Å². The summed E-state index contributed by atoms with van der Waals surface area (Å²) in [6.45, 7) is 1.80. The molecule has 0 spiro atoms. The first kappa shape index (κ1) is 22.2. The molecule has 158 valence electrons. The van der Waals surface area contributed by atoms with Crippen LogP contribution in [0.2, 0.25) is 0 Å². The highest BCUT2D eigenvalue weighted by atomic mass is 32.2. The van der Waals surface area contributed by atoms with Crippen LogP contribution in [-0.2, 0) is 22.4 Å². The van der Waals surface area contributed by atoms with Crippen molar-refractivity contribution in [3.63, 3.8) is 0 Å². The number of carbonyl (C=O) groups is 2. The summed E-state index contributed by atoms with van der Waals surface area (Å²) in [4.78, 5) is 32.8. The second-order valence-electron chi connectivity index (χ2n) is 6.12. The van der Waals surface area contributed by atoms with Crippen LogP contribution in [0.25, 0.3) is 10.6 Å². The Bertz CT molecular complexity index is 1060. The predicted molar refractivity (Wildman–Crippen MR) is 112 cm³/mol. The Morgan fingerprint density at radius 2 is 1.87 bits per heavy atom. The van der Waals surface area contributed by atoms with Gasteiger partial charge in [-0.15, -0.1) is 22.7 Å². The minimum absolute atomic E-state index is 0.00816. The molecule has 0 saturated carbocycles. The zero-order valence-electron chi connectivity index (χ0n) is 15.4. The fourth-order valence-electron chi connectivity index (χ4n) is 2.51. The number of carbonyl (C=O) groups excluding carboxylic acids is 2. The van der Waals surface area contributed by atoms with Gasteiger partial charge >= 0.3 is 5.51 Å². The van der Waals surface area contributed by atoms with E-state index in [1.807, 2.05) is 0 Å². The first-order valence-corrected chi connectivity index (χ1v) is 11.0. The van der Waals surface area contributed by atoms with Crippen LogP contribution in [0.5, 0.6) is 0 Å². The van der Waals surface area contributed by atoms with E-state index in [1.165, 1.54) is 46.9 Å². The first-order valence-electron chi connectivity index (χ1n) is 8.44. The van der Waals surface area contributed by atoms with E-state index in [2.05, 4.69) is 15.3 Å². The highest BCUT2D eigenvalue weighted by Crippen LogP contribution is 2.37. The summed E-state index contributed by atoms with van der Waals surface area (Å²) < 4.78 is 37.1. The third kappa shape index (κ3) is 6.28. The second-order valence-corrected chi connectivity index (χ2v) is 9.20. The number of anilines is 1. The zero-order chi connectivity index (χ0) is 21.9. The number of nitrogens with one attached hydrogen (secondary N) is 1. The van der Waals surface area contributed by atoms with E-state index < -0.39 is 11.4 Å². The molecule has 3 rings (SSSR count). The fourth-order valence-corrected chi connectivity index (χ4v) is 4.87. The van der Waals surface area contributed by atoms with Crippen molar-refractivity contribution in [3.8, 4) is 10.6 Å². The summed E-state index contributed by atoms with van der Waals surface area (Å²) in [5, 5.41) is 5.45. The average molecular weight is 473 g/mol. The summed E-state index contributed by atoms with van der Waals surface area (Å²) in [5.74, 6) is -0.797. The van der Waals surface area contributed by atoms with E-state index >= 15 is 0 Å². The zero-order valence-corrected chi connectivity index (χ0v) is 17.9. The Labute approximate surface area is 181 Å². The number of thioether (sulfide) groups is 1. The van der Waals surface area contributed by atoms with Crippen molar-refractivity contribution in [2.45, 2.75) is 30.2 Å². The van der Waals surface area contributed by atoms with Gasteiger partial charge in [-0.25, -0.2) is 9.97 Å². The number of benzene rings is 1. The van der Waals surface area contributed by atoms with Gasteiger partial charge in [-0.1, -0.05) is 12.1 Å². The third-order valence-corrected chi connectivity index (χ3v) is 6.35. The van der Waals surface area contributed by atoms with Gasteiger partial charge in [-0.05, 0) is 36.4 Å². The lowest BCUT2D eigenvalue weighted by Gasteiger charge is -2.06. The number of nitrogens with two attached hydrogens (primary N) is 1. The van der Waals surface area contributed by atoms with Crippen molar-refractivity contribution >= 4 is 51.4 Å². The van der Waals surface area contributed by atoms with Gasteiger partial charge in [0.05, 0.1) is 29.1 Å². The molecule has 0 aliphatic heterocycles. The Morgan fingerprint density at radius 1 is 1.17 bits per heavy atom. The van der Waals surface area contributed by atoms with Gasteiger partial charge < -0.3 is 11.1 Å². The standard InChI is InChI=1S/C18H15F3N4O2S3/c1-9-16(29-15(23-9)7-13(22)26)12-8-28-17(24-12)25-14(27)6-10-2-4-11(5-3-10)30-18(19,20)21/h2-5,8H,6-7H2,1H3,(H2,22,26)(H,24,25,27). The van der Waals surface area contributed by atoms with Crippen molar-refractivity contribution in [2.75, 3.05) is 5.32 Å². The Balaban J connectivity index is 1.61. The molecule has 2 amide bonds. The van der Waals surface area contributed by atoms with Gasteiger partial charge in [-0.3, -0.25) is 9.59 Å². The summed E-state index contributed by atoms with van der Waals surface area (Å²) in [7, 11) is 0. The maximum absolute atomic E-state index is 12.4. The van der Waals surface area contributed by atoms with Gasteiger partial charge in [-0.2, -0.15) is 13.2 Å². The van der Waals surface area contributed by atoms with Crippen molar-refractivity contribution in [2.24, 2.45) is 5.73 Å². The fraction of sp³-hybridized carbons (Fsp3) is 0.222. The SMILES string of the molecule is Cc1nc(CC(N)=O)sc1-c1csc(NC(=O)Cc2ccc(SC(F)(F)F)cc2)n1. The van der Waals surface area contributed by atoms with Crippen molar-refractivity contribution in [1.29, 1.82) is 0 Å². The quantitative estimate of drug-likeness (QED) is 0.497. The topological polar surface area (TPSA) is 98.0 Å². The Morgan fingerprint density at radius 3 is 2.50 bits per heavy atom. The van der Waals surface area contributed by atoms with E-state index in [4.69, 9.17) is 5.73 Å². The van der Waals surface area contributed by atoms with Crippen molar-refractivity contribution < 1.29 is 22.8 Å². The molecule has 3 N–H and O–H groups in total. The minimum atomic E-state index is -4.35. The third-order valence-electron chi connectivity index (χ3n) is 3.67. The molecule has 0 atom stereocenters. The molecule has 0 bridgehead atoms. The summed E-state index contributed by atoms with van der Waals surface area (Å²) in [6, 6.07) is 5.64. The van der Waals surface area contributed by atoms with Crippen LogP contribution in [0.3, 0.4) is 0 Å². The highest BCUT2D eigenvalue weighted by Gasteiger charge is 2.29. The van der Waals surface area contributed by atoms with Crippen LogP contribution >= 0.6 is 34.4 Å². The summed E-state index contributed by atoms with van der Waals surface area (Å²) in [6.07, 6.45) is 0.0632. The molecule has 2 aromatic heterocycles. The molecule has 2 heterocycles. The van der Waals surface area contributed by atoms with E-state index in [1.54, 1.807) is 12.3 Å². The molecule has 30 heavy (non-hydrogen) atoms. The van der Waals surface area contributed by atoms with Crippen LogP contribution in [0.15, 0.2) is 34.5 Å². The number of nitrogens with zero attached hydrogens (tertiary/aromatic N) is 2. The number of hydrogen-bond acceptors (Lipinski definition) is 7. The van der Waals surface area contributed by atoms with Gasteiger partial charge in [0, 0.05) is 10.3 Å². The lowest BCUT2D eigenvalue weighted by Crippen LogP contribution is -2.14. The number of halogens is 3. The average Bonchev–Trinajstić information content (AvgIpc) is 3.21. The van der Waals surface area contributed by atoms with Gasteiger partial charge in [0.2, 0.25) is 11.8 Å². The molecule has 0 fully saturated rings. The van der Waals surface area contributed by atoms with Crippen LogP contribution in [0.1, 0.15) is 16.3 Å². The molecular weight excluding hydrogens is 457 g/mol. The minimum Gasteiger partial charge on any atom is -0.369 e. The second kappa shape index (κ2) is 9.14. The lowest BCUT2D eigenvalue weighted by atomic mass is 10.1. The number of thiazole rings is 2. The van der Waals surface area contributed by atoms with E-state index in [0.717, 1.165) is 10.6 Å². The van der Waals surface area contributed by atoms with Crippen LogP contribution in [0, 0.1) is 6.92 Å². The highest BCUT2D eigenvalue weighted by molar-refractivity contribution is 8.00. The van der Waals surface area contributed by atoms with Crippen molar-refractivity contribution in [3.05, 3.63) is 45.9 Å². The number of primary amides is 1. The Kier molecular flexibility index (Phi) is 6.78. The maximum Gasteiger partial charge on any atom is 0.446 e. The number of amides is 2. The number of aryl methyl sites for hydroxylation is 1. The molecule has 6 nitrogen and oxygen atoms in total. The lowest BCUT2D eigenvalue weighted by molar-refractivity contribution is -0.117. The van der Waals surface area contributed by atoms with E-state index in [-0.39, 0.29) is 35.4 Å². The molecule has 0 unspecified atom stereocenters. The van der Waals surface area contributed by atoms with Gasteiger partial charge in [0.25, 0.3) is 0 Å².